The Morgan fingerprint density at radius 3 is 2.70 bits per heavy atom. The van der Waals surface area contributed by atoms with E-state index in [4.69, 9.17) is 4.42 Å². The Morgan fingerprint density at radius 2 is 2.00 bits per heavy atom. The van der Waals surface area contributed by atoms with Crippen molar-refractivity contribution in [2.75, 3.05) is 13.6 Å². The maximum Gasteiger partial charge on any atom is 0.253 e. The van der Waals surface area contributed by atoms with Gasteiger partial charge in [-0.25, -0.2) is 8.78 Å². The van der Waals surface area contributed by atoms with Crippen molar-refractivity contribution >= 4 is 5.91 Å². The first-order valence-corrected chi connectivity index (χ1v) is 10.0. The number of carbonyl (C=O) groups excluding carboxylic acids is 1. The molecule has 1 aliphatic rings. The fourth-order valence-corrected chi connectivity index (χ4v) is 4.36. The first-order valence-electron chi connectivity index (χ1n) is 10.0. The molecular formula is C23H25F2N3O2. The Bertz CT molecular complexity index is 1060. The molecule has 0 spiro atoms. The van der Waals surface area contributed by atoms with Gasteiger partial charge >= 0.3 is 0 Å². The average Bonchev–Trinajstić information content (AvgIpc) is 3.41. The van der Waals surface area contributed by atoms with E-state index >= 15 is 0 Å². The van der Waals surface area contributed by atoms with Gasteiger partial charge in [0.2, 0.25) is 0 Å². The maximum atomic E-state index is 13.8. The van der Waals surface area contributed by atoms with Crippen LogP contribution in [0.1, 0.15) is 45.5 Å². The molecule has 2 aromatic heterocycles. The molecule has 0 bridgehead atoms. The Kier molecular flexibility index (Phi) is 5.47. The smallest absolute Gasteiger partial charge is 0.253 e. The first-order chi connectivity index (χ1) is 14.3. The summed E-state index contributed by atoms with van der Waals surface area (Å²) >= 11 is 0. The van der Waals surface area contributed by atoms with E-state index in [9.17, 15) is 13.6 Å². The zero-order chi connectivity index (χ0) is 21.4. The van der Waals surface area contributed by atoms with Crippen LogP contribution >= 0.6 is 0 Å². The minimum atomic E-state index is -0.876. The van der Waals surface area contributed by atoms with Gasteiger partial charge < -0.3 is 14.3 Å². The summed E-state index contributed by atoms with van der Waals surface area (Å²) in [7, 11) is 1.92. The molecule has 1 fully saturated rings. The van der Waals surface area contributed by atoms with E-state index in [1.54, 1.807) is 12.3 Å². The number of aryl methyl sites for hydroxylation is 1. The molecule has 2 atom stereocenters. The maximum absolute atomic E-state index is 13.8. The molecule has 3 heterocycles. The third-order valence-electron chi connectivity index (χ3n) is 5.96. The minimum Gasteiger partial charge on any atom is -0.467 e. The van der Waals surface area contributed by atoms with Crippen LogP contribution in [-0.4, -0.2) is 35.0 Å². The third-order valence-corrected chi connectivity index (χ3v) is 5.96. The monoisotopic (exact) mass is 413 g/mol. The number of amides is 1. The van der Waals surface area contributed by atoms with E-state index in [0.29, 0.717) is 17.7 Å². The van der Waals surface area contributed by atoms with E-state index in [1.165, 1.54) is 6.07 Å². The van der Waals surface area contributed by atoms with E-state index < -0.39 is 11.6 Å². The molecule has 3 aromatic rings. The summed E-state index contributed by atoms with van der Waals surface area (Å²) < 4.78 is 34.6. The molecule has 30 heavy (non-hydrogen) atoms. The number of likely N-dealkylation sites (N-methyl/N-ethyl adjacent to an activating group) is 1. The van der Waals surface area contributed by atoms with Gasteiger partial charge in [-0.05, 0) is 63.2 Å². The van der Waals surface area contributed by atoms with Crippen molar-refractivity contribution in [2.24, 2.45) is 0 Å². The Hall–Kier alpha value is -2.93. The molecule has 0 saturated carbocycles. The summed E-state index contributed by atoms with van der Waals surface area (Å²) in [5.41, 5.74) is 3.09. The number of nitrogens with zero attached hydrogens (tertiary/aromatic N) is 2. The molecule has 1 aromatic carbocycles. The highest BCUT2D eigenvalue weighted by molar-refractivity contribution is 5.96. The number of aromatic nitrogens is 1. The van der Waals surface area contributed by atoms with Crippen molar-refractivity contribution in [2.45, 2.75) is 38.9 Å². The molecule has 0 aliphatic carbocycles. The van der Waals surface area contributed by atoms with Crippen LogP contribution in [0.25, 0.3) is 0 Å². The number of benzene rings is 1. The Balaban J connectivity index is 1.55. The molecule has 1 aliphatic heterocycles. The number of likely N-dealkylation sites (tertiary alicyclic amines) is 1. The van der Waals surface area contributed by atoms with Crippen molar-refractivity contribution in [3.63, 3.8) is 0 Å². The summed E-state index contributed by atoms with van der Waals surface area (Å²) in [6.45, 7) is 5.19. The van der Waals surface area contributed by atoms with Crippen molar-refractivity contribution in [1.82, 2.24) is 14.8 Å². The standard InChI is InChI=1S/C23H25F2N3O2/c1-14-11-18(15(2)28(14)13-17-5-4-10-30-17)23(29)26-21-8-9-27(3)22(21)16-6-7-19(24)20(25)12-16/h4-7,10-12,21-22H,8-9,13H2,1-3H3,(H,26,29)/t21-,22-/m0/s1. The van der Waals surface area contributed by atoms with Crippen molar-refractivity contribution < 1.29 is 18.0 Å². The molecule has 5 nitrogen and oxygen atoms in total. The predicted octanol–water partition coefficient (Wildman–Crippen LogP) is 4.20. The second-order valence-corrected chi connectivity index (χ2v) is 7.92. The number of rotatable bonds is 5. The highest BCUT2D eigenvalue weighted by Gasteiger charge is 2.35. The number of nitrogens with one attached hydrogen (secondary N) is 1. The molecule has 0 radical (unpaired) electrons. The summed E-state index contributed by atoms with van der Waals surface area (Å²) in [5.74, 6) is -1.09. The molecule has 1 saturated heterocycles. The average molecular weight is 413 g/mol. The topological polar surface area (TPSA) is 50.4 Å². The van der Waals surface area contributed by atoms with Crippen LogP contribution < -0.4 is 5.32 Å². The van der Waals surface area contributed by atoms with Crippen LogP contribution in [0.15, 0.2) is 47.1 Å². The lowest BCUT2D eigenvalue weighted by Gasteiger charge is -2.26. The fourth-order valence-electron chi connectivity index (χ4n) is 4.36. The SMILES string of the molecule is Cc1cc(C(=O)N[C@H]2CCN(C)[C@H]2c2ccc(F)c(F)c2)c(C)n1Cc1ccco1. The van der Waals surface area contributed by atoms with Crippen LogP contribution in [0, 0.1) is 25.5 Å². The van der Waals surface area contributed by atoms with Gasteiger partial charge in [0.05, 0.1) is 30.5 Å². The van der Waals surface area contributed by atoms with Crippen LogP contribution in [0.4, 0.5) is 8.78 Å². The van der Waals surface area contributed by atoms with Gasteiger partial charge in [0.15, 0.2) is 11.6 Å². The highest BCUT2D eigenvalue weighted by atomic mass is 19.2. The van der Waals surface area contributed by atoms with Crippen LogP contribution in [0.3, 0.4) is 0 Å². The summed E-state index contributed by atoms with van der Waals surface area (Å²) in [6, 6.07) is 9.15. The lowest BCUT2D eigenvalue weighted by molar-refractivity contribution is 0.0927. The van der Waals surface area contributed by atoms with Gasteiger partial charge in [-0.3, -0.25) is 9.69 Å². The van der Waals surface area contributed by atoms with E-state index in [0.717, 1.165) is 36.2 Å². The normalized spacial score (nSPS) is 19.4. The fraction of sp³-hybridized carbons (Fsp3) is 0.348. The van der Waals surface area contributed by atoms with Gasteiger partial charge in [-0.1, -0.05) is 6.07 Å². The van der Waals surface area contributed by atoms with Gasteiger partial charge in [0.25, 0.3) is 5.91 Å². The predicted molar refractivity (Wildman–Crippen MR) is 109 cm³/mol. The highest BCUT2D eigenvalue weighted by Crippen LogP contribution is 2.32. The largest absolute Gasteiger partial charge is 0.467 e. The number of hydrogen-bond donors (Lipinski definition) is 1. The number of furan rings is 1. The summed E-state index contributed by atoms with van der Waals surface area (Å²) in [5, 5.41) is 3.11. The second-order valence-electron chi connectivity index (χ2n) is 7.92. The van der Waals surface area contributed by atoms with Crippen LogP contribution in [0.2, 0.25) is 0 Å². The Labute approximate surface area is 174 Å². The molecule has 4 rings (SSSR count). The number of hydrogen-bond acceptors (Lipinski definition) is 3. The van der Waals surface area contributed by atoms with Crippen molar-refractivity contribution in [1.29, 1.82) is 0 Å². The second kappa shape index (κ2) is 8.07. The molecule has 0 unspecified atom stereocenters. The molecular weight excluding hydrogens is 388 g/mol. The Morgan fingerprint density at radius 1 is 1.20 bits per heavy atom. The zero-order valence-corrected chi connectivity index (χ0v) is 17.3. The summed E-state index contributed by atoms with van der Waals surface area (Å²) in [6.07, 6.45) is 2.36. The van der Waals surface area contributed by atoms with Crippen molar-refractivity contribution in [3.8, 4) is 0 Å². The minimum absolute atomic E-state index is 0.165. The summed E-state index contributed by atoms with van der Waals surface area (Å²) in [4.78, 5) is 15.1. The van der Waals surface area contributed by atoms with Gasteiger partial charge in [-0.15, -0.1) is 0 Å². The van der Waals surface area contributed by atoms with E-state index in [-0.39, 0.29) is 18.0 Å². The molecule has 158 valence electrons. The molecule has 7 heteroatoms. The van der Waals surface area contributed by atoms with Gasteiger partial charge in [0, 0.05) is 17.9 Å². The van der Waals surface area contributed by atoms with Crippen molar-refractivity contribution in [3.05, 3.63) is 82.6 Å². The van der Waals surface area contributed by atoms with Gasteiger partial charge in [0.1, 0.15) is 5.76 Å². The zero-order valence-electron chi connectivity index (χ0n) is 17.3. The lowest BCUT2D eigenvalue weighted by atomic mass is 9.99. The number of carbonyl (C=O) groups is 1. The molecule has 1 amide bonds. The number of halogens is 2. The van der Waals surface area contributed by atoms with E-state index in [2.05, 4.69) is 10.2 Å². The van der Waals surface area contributed by atoms with Gasteiger partial charge in [-0.2, -0.15) is 0 Å². The lowest BCUT2D eigenvalue weighted by Crippen LogP contribution is -2.39. The third kappa shape index (κ3) is 3.77. The van der Waals surface area contributed by atoms with Crippen LogP contribution in [0.5, 0.6) is 0 Å². The van der Waals surface area contributed by atoms with E-state index in [1.807, 2.05) is 43.7 Å². The molecule has 1 N–H and O–H groups in total. The van der Waals surface area contributed by atoms with Crippen LogP contribution in [-0.2, 0) is 6.54 Å². The quantitative estimate of drug-likeness (QED) is 0.682. The first kappa shape index (κ1) is 20.3.